The largest absolute Gasteiger partial charge is 0.507 e. The van der Waals surface area contributed by atoms with Crippen molar-refractivity contribution >= 4 is 17.0 Å². The lowest BCUT2D eigenvalue weighted by molar-refractivity contribution is 0.268. The van der Waals surface area contributed by atoms with E-state index in [1.54, 1.807) is 24.3 Å². The van der Waals surface area contributed by atoms with E-state index in [0.717, 1.165) is 11.2 Å². The molecule has 2 aromatic heterocycles. The van der Waals surface area contributed by atoms with Crippen LogP contribution >= 0.6 is 0 Å². The molecule has 2 aromatic carbocycles. The Morgan fingerprint density at radius 1 is 1.21 bits per heavy atom. The molecule has 0 saturated carbocycles. The molecule has 2 N–H and O–H groups in total. The van der Waals surface area contributed by atoms with E-state index in [0.29, 0.717) is 48.3 Å². The summed E-state index contributed by atoms with van der Waals surface area (Å²) in [5.41, 5.74) is 2.49. The molecule has 0 radical (unpaired) electrons. The molecule has 8 nitrogen and oxygen atoms in total. The van der Waals surface area contributed by atoms with Crippen LogP contribution in [0.5, 0.6) is 11.8 Å². The van der Waals surface area contributed by atoms with Gasteiger partial charge in [0.15, 0.2) is 17.0 Å². The Labute approximate surface area is 195 Å². The third-order valence-electron chi connectivity index (χ3n) is 5.92. The van der Waals surface area contributed by atoms with Crippen LogP contribution < -0.4 is 10.1 Å². The van der Waals surface area contributed by atoms with Gasteiger partial charge in [-0.05, 0) is 51.0 Å². The molecule has 0 fully saturated rings. The summed E-state index contributed by atoms with van der Waals surface area (Å²) in [5, 5.41) is 22.8. The second-order valence-electron chi connectivity index (χ2n) is 8.93. The number of aromatic nitrogens is 4. The number of fused-ring (bicyclic) bond motifs is 3. The monoisotopic (exact) mass is 458 g/mol. The van der Waals surface area contributed by atoms with Crippen molar-refractivity contribution in [3.05, 3.63) is 59.2 Å². The van der Waals surface area contributed by atoms with E-state index >= 15 is 0 Å². The third-order valence-corrected chi connectivity index (χ3v) is 5.92. The molecule has 34 heavy (non-hydrogen) atoms. The van der Waals surface area contributed by atoms with Gasteiger partial charge in [0.05, 0.1) is 11.1 Å². The fourth-order valence-electron chi connectivity index (χ4n) is 4.22. The second kappa shape index (κ2) is 7.99. The zero-order chi connectivity index (χ0) is 24.0. The maximum atomic E-state index is 14.7. The summed E-state index contributed by atoms with van der Waals surface area (Å²) >= 11 is 0. The van der Waals surface area contributed by atoms with Crippen molar-refractivity contribution in [1.82, 2.24) is 19.5 Å². The van der Waals surface area contributed by atoms with E-state index in [4.69, 9.17) is 10.00 Å². The van der Waals surface area contributed by atoms with Crippen LogP contribution in [0.15, 0.2) is 36.4 Å². The first-order chi connectivity index (χ1) is 16.3. The van der Waals surface area contributed by atoms with Gasteiger partial charge < -0.3 is 15.2 Å². The molecule has 0 bridgehead atoms. The number of aromatic hydroxyl groups is 1. The lowest BCUT2D eigenvalue weighted by Crippen LogP contribution is -2.26. The van der Waals surface area contributed by atoms with Crippen LogP contribution in [0.25, 0.3) is 22.3 Å². The van der Waals surface area contributed by atoms with Crippen molar-refractivity contribution < 1.29 is 14.2 Å². The lowest BCUT2D eigenvalue weighted by Gasteiger charge is -2.18. The summed E-state index contributed by atoms with van der Waals surface area (Å²) in [6, 6.07) is 12.0. The number of imidazole rings is 1. The minimum absolute atomic E-state index is 0.0472. The minimum atomic E-state index is -0.646. The molecule has 0 unspecified atom stereocenters. The van der Waals surface area contributed by atoms with Gasteiger partial charge in [0.1, 0.15) is 30.1 Å². The van der Waals surface area contributed by atoms with Crippen LogP contribution in [0.2, 0.25) is 0 Å². The molecule has 0 aliphatic carbocycles. The molecule has 1 aliphatic heterocycles. The van der Waals surface area contributed by atoms with Gasteiger partial charge in [0, 0.05) is 17.7 Å². The lowest BCUT2D eigenvalue weighted by atomic mass is 9.98. The zero-order valence-corrected chi connectivity index (χ0v) is 19.1. The van der Waals surface area contributed by atoms with Gasteiger partial charge >= 0.3 is 0 Å². The third kappa shape index (κ3) is 3.57. The van der Waals surface area contributed by atoms with Gasteiger partial charge in [-0.1, -0.05) is 18.2 Å². The molecule has 9 heteroatoms. The van der Waals surface area contributed by atoms with Crippen molar-refractivity contribution in [2.45, 2.75) is 32.7 Å². The van der Waals surface area contributed by atoms with E-state index in [2.05, 4.69) is 34.1 Å². The minimum Gasteiger partial charge on any atom is -0.507 e. The molecule has 0 amide bonds. The van der Waals surface area contributed by atoms with Crippen molar-refractivity contribution in [3.8, 4) is 29.0 Å². The molecule has 0 atom stereocenters. The number of benzene rings is 2. The number of halogens is 1. The maximum Gasteiger partial charge on any atom is 0.299 e. The molecular formula is C25H23FN6O2. The van der Waals surface area contributed by atoms with Crippen molar-refractivity contribution in [2.24, 2.45) is 0 Å². The first-order valence-electron chi connectivity index (χ1n) is 10.9. The van der Waals surface area contributed by atoms with Crippen molar-refractivity contribution in [2.75, 3.05) is 18.5 Å². The Balaban J connectivity index is 1.40. The quantitative estimate of drug-likeness (QED) is 0.459. The van der Waals surface area contributed by atoms with Gasteiger partial charge in [-0.2, -0.15) is 10.2 Å². The van der Waals surface area contributed by atoms with Crippen LogP contribution in [0.4, 0.5) is 10.2 Å². The van der Waals surface area contributed by atoms with Crippen LogP contribution in [-0.2, 0) is 12.0 Å². The Morgan fingerprint density at radius 3 is 2.82 bits per heavy atom. The summed E-state index contributed by atoms with van der Waals surface area (Å²) in [6.07, 6.45) is 0.590. The topological polar surface area (TPSA) is 109 Å². The average Bonchev–Trinajstić information content (AvgIpc) is 3.32. The number of anilines is 1. The van der Waals surface area contributed by atoms with Crippen LogP contribution in [0, 0.1) is 24.1 Å². The second-order valence-corrected chi connectivity index (χ2v) is 8.93. The average molecular weight is 458 g/mol. The Bertz CT molecular complexity index is 1470. The van der Waals surface area contributed by atoms with Gasteiger partial charge in [-0.25, -0.2) is 14.4 Å². The van der Waals surface area contributed by atoms with Gasteiger partial charge in [-0.3, -0.25) is 4.57 Å². The Kier molecular flexibility index (Phi) is 5.09. The SMILES string of the molecule is Cc1nc(NCCc2ccc(O)c(-c3cccc(C#N)c3F)c2)c2nc3n(c2n1)C(C)(C)CO3. The molecule has 172 valence electrons. The molecule has 1 aliphatic rings. The van der Waals surface area contributed by atoms with Gasteiger partial charge in [-0.15, -0.1) is 0 Å². The van der Waals surface area contributed by atoms with E-state index in [1.807, 2.05) is 17.6 Å². The number of nitrogens with zero attached hydrogens (tertiary/aromatic N) is 5. The predicted octanol–water partition coefficient (Wildman–Crippen LogP) is 4.30. The summed E-state index contributed by atoms with van der Waals surface area (Å²) in [5.74, 6) is 0.553. The van der Waals surface area contributed by atoms with E-state index in [1.165, 1.54) is 12.1 Å². The summed E-state index contributed by atoms with van der Waals surface area (Å²) in [6.45, 7) is 7.06. The van der Waals surface area contributed by atoms with Gasteiger partial charge in [0.25, 0.3) is 6.01 Å². The number of aryl methyl sites for hydroxylation is 1. The van der Waals surface area contributed by atoms with Crippen molar-refractivity contribution in [3.63, 3.8) is 0 Å². The van der Waals surface area contributed by atoms with E-state index in [-0.39, 0.29) is 22.4 Å². The Morgan fingerprint density at radius 2 is 2.03 bits per heavy atom. The number of hydrogen-bond acceptors (Lipinski definition) is 7. The number of nitriles is 1. The smallest absolute Gasteiger partial charge is 0.299 e. The molecule has 0 spiro atoms. The number of phenolic OH excluding ortho intramolecular Hbond substituents is 1. The zero-order valence-electron chi connectivity index (χ0n) is 19.1. The van der Waals surface area contributed by atoms with Crippen LogP contribution in [-0.4, -0.2) is 37.8 Å². The first-order valence-corrected chi connectivity index (χ1v) is 10.9. The summed E-state index contributed by atoms with van der Waals surface area (Å²) in [4.78, 5) is 13.7. The molecular weight excluding hydrogens is 435 g/mol. The summed E-state index contributed by atoms with van der Waals surface area (Å²) < 4.78 is 22.4. The number of rotatable bonds is 5. The fourth-order valence-corrected chi connectivity index (χ4v) is 4.22. The van der Waals surface area contributed by atoms with E-state index in [9.17, 15) is 9.50 Å². The number of hydrogen-bond donors (Lipinski definition) is 2. The normalized spacial score (nSPS) is 14.0. The van der Waals surface area contributed by atoms with Crippen LogP contribution in [0.1, 0.15) is 30.8 Å². The Hall–Kier alpha value is -4.19. The van der Waals surface area contributed by atoms with Gasteiger partial charge in [0.2, 0.25) is 0 Å². The number of phenols is 1. The number of nitrogens with one attached hydrogen (secondary N) is 1. The van der Waals surface area contributed by atoms with Crippen LogP contribution in [0.3, 0.4) is 0 Å². The van der Waals surface area contributed by atoms with E-state index < -0.39 is 5.82 Å². The first kappa shape index (κ1) is 21.6. The fraction of sp³-hybridized carbons (Fsp3) is 0.280. The highest BCUT2D eigenvalue weighted by molar-refractivity contribution is 5.84. The highest BCUT2D eigenvalue weighted by Gasteiger charge is 2.35. The molecule has 5 rings (SSSR count). The molecule has 3 heterocycles. The number of ether oxygens (including phenoxy) is 1. The molecule has 4 aromatic rings. The van der Waals surface area contributed by atoms with Crippen molar-refractivity contribution in [1.29, 1.82) is 5.26 Å². The highest BCUT2D eigenvalue weighted by Crippen LogP contribution is 2.36. The highest BCUT2D eigenvalue weighted by atomic mass is 19.1. The predicted molar refractivity (Wildman–Crippen MR) is 125 cm³/mol. The summed E-state index contributed by atoms with van der Waals surface area (Å²) in [7, 11) is 0. The standard InChI is InChI=1S/C25H23FN6O2/c1-14-29-22(21-23(30-14)32-24(31-21)34-13-25(32,2)3)28-10-9-15-7-8-19(33)18(11-15)17-6-4-5-16(12-27)20(17)26/h4-8,11,33H,9-10,13H2,1-3H3,(H,28,29,30). The maximum absolute atomic E-state index is 14.7. The molecule has 0 saturated heterocycles.